The van der Waals surface area contributed by atoms with Gasteiger partial charge >= 0.3 is 18.0 Å². The topological polar surface area (TPSA) is 102 Å². The van der Waals surface area contributed by atoms with Crippen LogP contribution < -0.4 is 5.32 Å². The molecule has 1 rings (SSSR count). The SMILES string of the molecule is CCCC(OC(C)=O)OC(=O)NC(CCC(=O)O)c1ccc(Cl)cc1. The van der Waals surface area contributed by atoms with Gasteiger partial charge in [0.05, 0.1) is 6.04 Å². The van der Waals surface area contributed by atoms with E-state index in [0.29, 0.717) is 23.4 Å². The summed E-state index contributed by atoms with van der Waals surface area (Å²) in [4.78, 5) is 34.0. The van der Waals surface area contributed by atoms with Crippen molar-refractivity contribution in [2.45, 2.75) is 51.9 Å². The Labute approximate surface area is 151 Å². The number of hydrogen-bond acceptors (Lipinski definition) is 5. The number of nitrogens with one attached hydrogen (secondary N) is 1. The molecule has 0 saturated heterocycles. The van der Waals surface area contributed by atoms with E-state index >= 15 is 0 Å². The molecular formula is C17H22ClNO6. The van der Waals surface area contributed by atoms with Crippen molar-refractivity contribution in [3.8, 4) is 0 Å². The minimum Gasteiger partial charge on any atom is -0.481 e. The number of rotatable bonds is 9. The fourth-order valence-corrected chi connectivity index (χ4v) is 2.27. The van der Waals surface area contributed by atoms with Gasteiger partial charge in [0.2, 0.25) is 6.29 Å². The second kappa shape index (κ2) is 10.6. The van der Waals surface area contributed by atoms with E-state index in [1.165, 1.54) is 6.92 Å². The number of hydrogen-bond donors (Lipinski definition) is 2. The number of benzene rings is 1. The van der Waals surface area contributed by atoms with Gasteiger partial charge in [-0.05, 0) is 30.5 Å². The van der Waals surface area contributed by atoms with Crippen LogP contribution in [0.3, 0.4) is 0 Å². The van der Waals surface area contributed by atoms with Gasteiger partial charge in [0, 0.05) is 24.8 Å². The van der Waals surface area contributed by atoms with Crippen LogP contribution in [0.5, 0.6) is 0 Å². The highest BCUT2D eigenvalue weighted by molar-refractivity contribution is 6.30. The molecule has 1 amide bonds. The average Bonchev–Trinajstić information content (AvgIpc) is 2.51. The summed E-state index contributed by atoms with van der Waals surface area (Å²) in [5, 5.41) is 12.0. The first-order valence-electron chi connectivity index (χ1n) is 7.93. The fraction of sp³-hybridized carbons (Fsp3) is 0.471. The van der Waals surface area contributed by atoms with Gasteiger partial charge in [0.1, 0.15) is 0 Å². The lowest BCUT2D eigenvalue weighted by Crippen LogP contribution is -2.34. The molecule has 0 fully saturated rings. The summed E-state index contributed by atoms with van der Waals surface area (Å²) in [6.45, 7) is 3.09. The monoisotopic (exact) mass is 371 g/mol. The minimum atomic E-state index is -0.979. The Hall–Kier alpha value is -2.28. The number of carbonyl (C=O) groups excluding carboxylic acids is 2. The van der Waals surface area contributed by atoms with Gasteiger partial charge < -0.3 is 19.9 Å². The number of carboxylic acid groups (broad SMARTS) is 1. The van der Waals surface area contributed by atoms with E-state index in [4.69, 9.17) is 26.2 Å². The zero-order chi connectivity index (χ0) is 18.8. The number of carbonyl (C=O) groups is 3. The molecule has 0 radical (unpaired) electrons. The molecule has 0 aliphatic carbocycles. The van der Waals surface area contributed by atoms with Crippen LogP contribution in [0.2, 0.25) is 5.02 Å². The molecule has 25 heavy (non-hydrogen) atoms. The molecule has 0 bridgehead atoms. The van der Waals surface area contributed by atoms with E-state index in [-0.39, 0.29) is 12.8 Å². The fourth-order valence-electron chi connectivity index (χ4n) is 2.14. The zero-order valence-corrected chi connectivity index (χ0v) is 14.9. The molecule has 2 unspecified atom stereocenters. The third-order valence-corrected chi connectivity index (χ3v) is 3.52. The smallest absolute Gasteiger partial charge is 0.410 e. The van der Waals surface area contributed by atoms with Gasteiger partial charge in [0.25, 0.3) is 0 Å². The quantitative estimate of drug-likeness (QED) is 0.507. The summed E-state index contributed by atoms with van der Waals surface area (Å²) in [6.07, 6.45) is -0.690. The highest BCUT2D eigenvalue weighted by Gasteiger charge is 2.21. The predicted molar refractivity (Wildman–Crippen MR) is 91.1 cm³/mol. The molecule has 0 spiro atoms. The van der Waals surface area contributed by atoms with Crippen LogP contribution in [0.4, 0.5) is 4.79 Å². The molecule has 0 heterocycles. The van der Waals surface area contributed by atoms with Crippen molar-refractivity contribution in [3.63, 3.8) is 0 Å². The van der Waals surface area contributed by atoms with Crippen LogP contribution in [-0.4, -0.2) is 29.4 Å². The largest absolute Gasteiger partial charge is 0.481 e. The van der Waals surface area contributed by atoms with Crippen molar-refractivity contribution >= 4 is 29.6 Å². The molecule has 2 N–H and O–H groups in total. The highest BCUT2D eigenvalue weighted by atomic mass is 35.5. The van der Waals surface area contributed by atoms with Crippen molar-refractivity contribution in [1.29, 1.82) is 0 Å². The van der Waals surface area contributed by atoms with E-state index in [2.05, 4.69) is 5.32 Å². The minimum absolute atomic E-state index is 0.129. The first-order valence-corrected chi connectivity index (χ1v) is 8.31. The van der Waals surface area contributed by atoms with Gasteiger partial charge in [-0.1, -0.05) is 30.7 Å². The third-order valence-electron chi connectivity index (χ3n) is 3.27. The predicted octanol–water partition coefficient (Wildman–Crippen LogP) is 3.66. The average molecular weight is 372 g/mol. The van der Waals surface area contributed by atoms with Crippen LogP contribution in [0.15, 0.2) is 24.3 Å². The molecule has 0 aromatic heterocycles. The highest BCUT2D eigenvalue weighted by Crippen LogP contribution is 2.21. The molecule has 0 aliphatic heterocycles. The number of ether oxygens (including phenoxy) is 2. The van der Waals surface area contributed by atoms with Gasteiger partial charge in [-0.2, -0.15) is 0 Å². The van der Waals surface area contributed by atoms with Crippen molar-refractivity contribution < 1.29 is 29.0 Å². The summed E-state index contributed by atoms with van der Waals surface area (Å²) in [5.41, 5.74) is 0.696. The van der Waals surface area contributed by atoms with Crippen LogP contribution in [0.1, 0.15) is 51.1 Å². The molecule has 8 heteroatoms. The maximum Gasteiger partial charge on any atom is 0.410 e. The Morgan fingerprint density at radius 2 is 1.80 bits per heavy atom. The van der Waals surface area contributed by atoms with Crippen LogP contribution >= 0.6 is 11.6 Å². The summed E-state index contributed by atoms with van der Waals surface area (Å²) >= 11 is 5.85. The molecular weight excluding hydrogens is 350 g/mol. The second-order valence-corrected chi connectivity index (χ2v) is 5.85. The Kier molecular flexibility index (Phi) is 8.77. The van der Waals surface area contributed by atoms with Gasteiger partial charge in [-0.25, -0.2) is 4.79 Å². The van der Waals surface area contributed by atoms with Crippen LogP contribution in [-0.2, 0) is 19.1 Å². The molecule has 2 atom stereocenters. The molecule has 1 aromatic rings. The van der Waals surface area contributed by atoms with E-state index in [1.807, 2.05) is 6.92 Å². The Bertz CT molecular complexity index is 589. The lowest BCUT2D eigenvalue weighted by Gasteiger charge is -2.21. The summed E-state index contributed by atoms with van der Waals surface area (Å²) in [6, 6.07) is 6.13. The van der Waals surface area contributed by atoms with Gasteiger partial charge in [0.15, 0.2) is 0 Å². The van der Waals surface area contributed by atoms with Crippen molar-refractivity contribution in [3.05, 3.63) is 34.9 Å². The summed E-state index contributed by atoms with van der Waals surface area (Å²) in [7, 11) is 0. The van der Waals surface area contributed by atoms with Gasteiger partial charge in [-0.3, -0.25) is 9.59 Å². The molecule has 0 saturated carbocycles. The maximum atomic E-state index is 12.1. The number of halogens is 1. The molecule has 0 aliphatic rings. The number of aliphatic carboxylic acids is 1. The Morgan fingerprint density at radius 3 is 2.32 bits per heavy atom. The lowest BCUT2D eigenvalue weighted by molar-refractivity contribution is -0.166. The third kappa shape index (κ3) is 8.39. The van der Waals surface area contributed by atoms with Crippen molar-refractivity contribution in [1.82, 2.24) is 5.32 Å². The second-order valence-electron chi connectivity index (χ2n) is 5.41. The maximum absolute atomic E-state index is 12.1. The van der Waals surface area contributed by atoms with Crippen LogP contribution in [0.25, 0.3) is 0 Å². The zero-order valence-electron chi connectivity index (χ0n) is 14.2. The van der Waals surface area contributed by atoms with E-state index in [0.717, 1.165) is 0 Å². The Morgan fingerprint density at radius 1 is 1.16 bits per heavy atom. The molecule has 7 nitrogen and oxygen atoms in total. The van der Waals surface area contributed by atoms with E-state index in [1.54, 1.807) is 24.3 Å². The number of amides is 1. The molecule has 1 aromatic carbocycles. The van der Waals surface area contributed by atoms with Gasteiger partial charge in [-0.15, -0.1) is 0 Å². The normalized spacial score (nSPS) is 12.8. The first kappa shape index (κ1) is 20.8. The standard InChI is InChI=1S/C17H22ClNO6/c1-3-4-16(24-11(2)20)25-17(23)19-14(9-10-15(21)22)12-5-7-13(18)8-6-12/h5-8,14,16H,3-4,9-10H2,1-2H3,(H,19,23)(H,21,22). The van der Waals surface area contributed by atoms with E-state index in [9.17, 15) is 14.4 Å². The summed E-state index contributed by atoms with van der Waals surface area (Å²) in [5.74, 6) is -1.52. The first-order chi connectivity index (χ1) is 11.8. The number of esters is 1. The Balaban J connectivity index is 2.77. The number of carboxylic acids is 1. The van der Waals surface area contributed by atoms with E-state index < -0.39 is 30.4 Å². The van der Waals surface area contributed by atoms with Crippen LogP contribution in [0, 0.1) is 0 Å². The van der Waals surface area contributed by atoms with Crippen molar-refractivity contribution in [2.24, 2.45) is 0 Å². The molecule has 138 valence electrons. The number of alkyl carbamates (subject to hydrolysis) is 1. The summed E-state index contributed by atoms with van der Waals surface area (Å²) < 4.78 is 10.0. The van der Waals surface area contributed by atoms with Crippen molar-refractivity contribution in [2.75, 3.05) is 0 Å². The lowest BCUT2D eigenvalue weighted by atomic mass is 10.0.